The molecule has 13 heavy (non-hydrogen) atoms. The number of carbonyl (C=O) groups is 1. The number of hydrogen-bond acceptors (Lipinski definition) is 1. The lowest BCUT2D eigenvalue weighted by Crippen LogP contribution is -2.57. The number of piperidine rings is 1. The third-order valence-corrected chi connectivity index (χ3v) is 3.43. The highest BCUT2D eigenvalue weighted by Crippen LogP contribution is 2.32. The number of hydrogen-bond donors (Lipinski definition) is 1. The molecule has 1 amide bonds. The Morgan fingerprint density at radius 2 is 2.38 bits per heavy atom. The Labute approximate surface area is 83.7 Å². The Hall–Kier alpha value is -0.440. The molecular weight excluding hydrogens is 190 g/mol. The van der Waals surface area contributed by atoms with Gasteiger partial charge in [0.15, 0.2) is 0 Å². The Bertz CT molecular complexity index is 210. The van der Waals surface area contributed by atoms with Crippen molar-refractivity contribution in [1.82, 2.24) is 4.90 Å². The van der Waals surface area contributed by atoms with Crippen molar-refractivity contribution >= 4 is 17.7 Å². The maximum atomic E-state index is 11.0. The molecule has 0 bridgehead atoms. The number of alkyl halides is 1. The maximum Gasteiger partial charge on any atom is 0.408 e. The molecule has 4 heteroatoms. The van der Waals surface area contributed by atoms with Crippen molar-refractivity contribution in [3.8, 4) is 0 Å². The molecule has 0 unspecified atom stereocenters. The largest absolute Gasteiger partial charge is 0.465 e. The van der Waals surface area contributed by atoms with Gasteiger partial charge in [-0.1, -0.05) is 0 Å². The van der Waals surface area contributed by atoms with Crippen LogP contribution in [-0.4, -0.2) is 33.6 Å². The van der Waals surface area contributed by atoms with E-state index in [1.807, 2.05) is 13.8 Å². The summed E-state index contributed by atoms with van der Waals surface area (Å²) in [4.78, 5) is 12.5. The molecule has 0 aromatic rings. The number of likely N-dealkylation sites (tertiary alicyclic amines) is 1. The summed E-state index contributed by atoms with van der Waals surface area (Å²) in [6.07, 6.45) is 2.02. The third kappa shape index (κ3) is 1.90. The van der Waals surface area contributed by atoms with E-state index in [0.717, 1.165) is 19.3 Å². The van der Waals surface area contributed by atoms with E-state index in [0.29, 0.717) is 5.88 Å². The van der Waals surface area contributed by atoms with Crippen molar-refractivity contribution in [2.45, 2.75) is 44.7 Å². The van der Waals surface area contributed by atoms with E-state index in [1.54, 1.807) is 0 Å². The summed E-state index contributed by atoms with van der Waals surface area (Å²) in [7, 11) is 0. The highest BCUT2D eigenvalue weighted by Gasteiger charge is 2.40. The maximum absolute atomic E-state index is 11.0. The zero-order valence-electron chi connectivity index (χ0n) is 8.09. The summed E-state index contributed by atoms with van der Waals surface area (Å²) >= 11 is 5.82. The number of nitrogens with zero attached hydrogens (tertiary/aromatic N) is 1. The van der Waals surface area contributed by atoms with Gasteiger partial charge in [-0.05, 0) is 33.1 Å². The molecule has 1 N–H and O–H groups in total. The zero-order valence-corrected chi connectivity index (χ0v) is 8.84. The fourth-order valence-electron chi connectivity index (χ4n) is 2.11. The van der Waals surface area contributed by atoms with Crippen LogP contribution in [0.15, 0.2) is 0 Å². The summed E-state index contributed by atoms with van der Waals surface area (Å²) in [5.74, 6) is 0.379. The van der Waals surface area contributed by atoms with E-state index >= 15 is 0 Å². The molecule has 1 aliphatic heterocycles. The second-order valence-corrected chi connectivity index (χ2v) is 4.29. The number of halogens is 1. The van der Waals surface area contributed by atoms with Gasteiger partial charge in [-0.15, -0.1) is 11.6 Å². The lowest BCUT2D eigenvalue weighted by atomic mass is 9.87. The molecule has 1 aliphatic rings. The Morgan fingerprint density at radius 3 is 2.77 bits per heavy atom. The summed E-state index contributed by atoms with van der Waals surface area (Å²) in [6, 6.07) is 0.0926. The first-order chi connectivity index (χ1) is 6.01. The van der Waals surface area contributed by atoms with E-state index in [9.17, 15) is 4.79 Å². The first-order valence-electron chi connectivity index (χ1n) is 4.59. The van der Waals surface area contributed by atoms with Crippen molar-refractivity contribution in [1.29, 1.82) is 0 Å². The Morgan fingerprint density at radius 1 is 1.77 bits per heavy atom. The van der Waals surface area contributed by atoms with Crippen molar-refractivity contribution in [3.63, 3.8) is 0 Å². The molecule has 2 atom stereocenters. The van der Waals surface area contributed by atoms with Gasteiger partial charge in [-0.2, -0.15) is 0 Å². The highest BCUT2D eigenvalue weighted by molar-refractivity contribution is 6.18. The first kappa shape index (κ1) is 10.6. The van der Waals surface area contributed by atoms with E-state index in [-0.39, 0.29) is 11.6 Å². The molecule has 0 aromatic carbocycles. The minimum Gasteiger partial charge on any atom is -0.465 e. The molecule has 0 aromatic heterocycles. The fourth-order valence-corrected chi connectivity index (χ4v) is 2.37. The van der Waals surface area contributed by atoms with Crippen LogP contribution in [0.3, 0.4) is 0 Å². The molecule has 0 saturated carbocycles. The predicted molar refractivity (Wildman–Crippen MR) is 52.3 cm³/mol. The van der Waals surface area contributed by atoms with Crippen LogP contribution in [0, 0.1) is 0 Å². The highest BCUT2D eigenvalue weighted by atomic mass is 35.5. The molecular formula is C9H16ClNO2. The zero-order chi connectivity index (χ0) is 10.1. The summed E-state index contributed by atoms with van der Waals surface area (Å²) in [5, 5.41) is 9.04. The predicted octanol–water partition coefficient (Wildman–Crippen LogP) is 2.54. The molecule has 0 spiro atoms. The quantitative estimate of drug-likeness (QED) is 0.669. The topological polar surface area (TPSA) is 40.5 Å². The fraction of sp³-hybridized carbons (Fsp3) is 0.889. The van der Waals surface area contributed by atoms with Gasteiger partial charge in [0.05, 0.1) is 5.54 Å². The summed E-state index contributed by atoms with van der Waals surface area (Å²) in [5.41, 5.74) is -0.370. The van der Waals surface area contributed by atoms with Gasteiger partial charge in [-0.25, -0.2) is 4.79 Å². The van der Waals surface area contributed by atoms with Crippen LogP contribution in [-0.2, 0) is 0 Å². The standard InChI is InChI=1S/C9H16ClNO2/c1-7-4-3-5-9(2,6-10)11(7)8(12)13/h7H,3-6H2,1-2H3,(H,12,13)/t7-,9+/m0/s1. The molecule has 1 heterocycles. The van der Waals surface area contributed by atoms with Crippen LogP contribution in [0.4, 0.5) is 4.79 Å². The minimum absolute atomic E-state index is 0.0926. The van der Waals surface area contributed by atoms with E-state index in [4.69, 9.17) is 16.7 Å². The molecule has 0 radical (unpaired) electrons. The lowest BCUT2D eigenvalue weighted by Gasteiger charge is -2.46. The molecule has 1 saturated heterocycles. The van der Waals surface area contributed by atoms with E-state index in [1.165, 1.54) is 4.90 Å². The molecule has 76 valence electrons. The summed E-state index contributed by atoms with van der Waals surface area (Å²) < 4.78 is 0. The van der Waals surface area contributed by atoms with Gasteiger partial charge in [0.1, 0.15) is 0 Å². The molecule has 0 aliphatic carbocycles. The van der Waals surface area contributed by atoms with Crippen LogP contribution >= 0.6 is 11.6 Å². The smallest absolute Gasteiger partial charge is 0.408 e. The second-order valence-electron chi connectivity index (χ2n) is 4.02. The number of amides is 1. The van der Waals surface area contributed by atoms with Crippen LogP contribution in [0.5, 0.6) is 0 Å². The average Bonchev–Trinajstić information content (AvgIpc) is 2.03. The van der Waals surface area contributed by atoms with Crippen LogP contribution in [0.1, 0.15) is 33.1 Å². The normalized spacial score (nSPS) is 34.7. The van der Waals surface area contributed by atoms with Crippen LogP contribution < -0.4 is 0 Å². The van der Waals surface area contributed by atoms with Crippen molar-refractivity contribution in [2.24, 2.45) is 0 Å². The van der Waals surface area contributed by atoms with E-state index in [2.05, 4.69) is 0 Å². The second kappa shape index (κ2) is 3.74. The van der Waals surface area contributed by atoms with Gasteiger partial charge >= 0.3 is 6.09 Å². The van der Waals surface area contributed by atoms with Gasteiger partial charge in [0, 0.05) is 11.9 Å². The van der Waals surface area contributed by atoms with Crippen LogP contribution in [0.25, 0.3) is 0 Å². The van der Waals surface area contributed by atoms with Crippen molar-refractivity contribution in [3.05, 3.63) is 0 Å². The lowest BCUT2D eigenvalue weighted by molar-refractivity contribution is 0.0384. The van der Waals surface area contributed by atoms with E-state index < -0.39 is 6.09 Å². The molecule has 1 fully saturated rings. The van der Waals surface area contributed by atoms with Crippen molar-refractivity contribution in [2.75, 3.05) is 5.88 Å². The molecule has 3 nitrogen and oxygen atoms in total. The van der Waals surface area contributed by atoms with Gasteiger partial charge in [-0.3, -0.25) is 4.90 Å². The van der Waals surface area contributed by atoms with Crippen molar-refractivity contribution < 1.29 is 9.90 Å². The molecule has 1 rings (SSSR count). The van der Waals surface area contributed by atoms with Crippen LogP contribution in [0.2, 0.25) is 0 Å². The van der Waals surface area contributed by atoms with Gasteiger partial charge < -0.3 is 5.11 Å². The van der Waals surface area contributed by atoms with Gasteiger partial charge in [0.2, 0.25) is 0 Å². The minimum atomic E-state index is -0.852. The Kier molecular flexibility index (Phi) is 3.06. The SMILES string of the molecule is C[C@H]1CCC[C@](C)(CCl)N1C(=O)O. The van der Waals surface area contributed by atoms with Gasteiger partial charge in [0.25, 0.3) is 0 Å². The average molecular weight is 206 g/mol. The Balaban J connectivity index is 2.86. The number of rotatable bonds is 1. The third-order valence-electron chi connectivity index (χ3n) is 2.85. The monoisotopic (exact) mass is 205 g/mol. The number of carboxylic acid groups (broad SMARTS) is 1. The summed E-state index contributed by atoms with van der Waals surface area (Å²) in [6.45, 7) is 3.86. The first-order valence-corrected chi connectivity index (χ1v) is 5.13.